The van der Waals surface area contributed by atoms with Crippen LogP contribution in [0.2, 0.25) is 0 Å². The number of nitrogens with two attached hydrogens (primary N) is 1. The minimum Gasteiger partial charge on any atom is -0.494 e. The van der Waals surface area contributed by atoms with E-state index in [0.29, 0.717) is 34.5 Å². The van der Waals surface area contributed by atoms with Crippen molar-refractivity contribution in [3.8, 4) is 28.7 Å². The van der Waals surface area contributed by atoms with Crippen LogP contribution in [0.3, 0.4) is 0 Å². The highest BCUT2D eigenvalue weighted by Gasteiger charge is 2.18. The number of methoxy groups -OCH3 is 1. The van der Waals surface area contributed by atoms with Crippen molar-refractivity contribution < 1.29 is 23.1 Å². The first-order valence-electron chi connectivity index (χ1n) is 11.8. The number of hydrogen-bond acceptors (Lipinski definition) is 9. The second-order valence-corrected chi connectivity index (χ2v) is 9.47. The molecule has 1 aromatic carbocycles. The summed E-state index contributed by atoms with van der Waals surface area (Å²) in [6, 6.07) is 5.81. The molecule has 1 saturated carbocycles. The number of pyridine rings is 1. The number of nitrogens with zero attached hydrogens (tertiary/aromatic N) is 4. The average Bonchev–Trinajstić information content (AvgIpc) is 3.68. The molecule has 9 nitrogen and oxygen atoms in total. The molecule has 0 bridgehead atoms. The van der Waals surface area contributed by atoms with Crippen molar-refractivity contribution in [2.45, 2.75) is 25.7 Å². The molecule has 1 aliphatic carbocycles. The number of rotatable bonds is 7. The van der Waals surface area contributed by atoms with E-state index in [1.807, 2.05) is 7.05 Å². The second kappa shape index (κ2) is 12.4. The van der Waals surface area contributed by atoms with Crippen LogP contribution in [0.25, 0.3) is 21.6 Å². The number of aromatic nitrogens is 4. The van der Waals surface area contributed by atoms with Crippen molar-refractivity contribution in [2.24, 2.45) is 11.7 Å². The van der Waals surface area contributed by atoms with Crippen molar-refractivity contribution in [3.63, 3.8) is 0 Å². The first-order chi connectivity index (χ1) is 18.8. The van der Waals surface area contributed by atoms with E-state index in [0.717, 1.165) is 15.7 Å². The van der Waals surface area contributed by atoms with E-state index in [1.165, 1.54) is 49.6 Å². The van der Waals surface area contributed by atoms with Crippen molar-refractivity contribution >= 4 is 39.1 Å². The van der Waals surface area contributed by atoms with Gasteiger partial charge in [0.1, 0.15) is 17.1 Å². The van der Waals surface area contributed by atoms with Crippen LogP contribution in [-0.2, 0) is 11.2 Å². The number of thiazole rings is 1. The summed E-state index contributed by atoms with van der Waals surface area (Å²) in [4.78, 5) is 39.7. The van der Waals surface area contributed by atoms with Gasteiger partial charge in [-0.05, 0) is 42.0 Å². The molecule has 0 aliphatic heterocycles. The third-order valence-corrected chi connectivity index (χ3v) is 6.52. The summed E-state index contributed by atoms with van der Waals surface area (Å²) in [5.41, 5.74) is 7.67. The molecule has 0 saturated heterocycles. The number of carbonyl (C=O) groups is 2. The number of anilines is 1. The molecule has 0 radical (unpaired) electrons. The molecule has 5 rings (SSSR count). The maximum Gasteiger partial charge on any atom is 0.280 e. The van der Waals surface area contributed by atoms with Crippen LogP contribution in [0, 0.1) is 17.8 Å². The number of nitrogens with one attached hydrogen (secondary N) is 1. The van der Waals surface area contributed by atoms with Crippen LogP contribution in [0.4, 0.5) is 13.9 Å². The Morgan fingerprint density at radius 3 is 2.67 bits per heavy atom. The Labute approximate surface area is 226 Å². The molecule has 4 aromatic rings. The van der Waals surface area contributed by atoms with Gasteiger partial charge in [0.15, 0.2) is 21.9 Å². The van der Waals surface area contributed by atoms with Gasteiger partial charge in [-0.3, -0.25) is 14.6 Å². The third-order valence-electron chi connectivity index (χ3n) is 5.56. The van der Waals surface area contributed by atoms with E-state index in [9.17, 15) is 18.4 Å². The Morgan fingerprint density at radius 2 is 2.03 bits per heavy atom. The summed E-state index contributed by atoms with van der Waals surface area (Å²) in [7, 11) is 3.21. The van der Waals surface area contributed by atoms with Gasteiger partial charge >= 0.3 is 0 Å². The van der Waals surface area contributed by atoms with E-state index in [1.54, 1.807) is 18.3 Å². The third kappa shape index (κ3) is 7.08. The predicted molar refractivity (Wildman–Crippen MR) is 144 cm³/mol. The van der Waals surface area contributed by atoms with Gasteiger partial charge in [-0.1, -0.05) is 29.4 Å². The number of amides is 1. The predicted octanol–water partition coefficient (Wildman–Crippen LogP) is 4.42. The van der Waals surface area contributed by atoms with Gasteiger partial charge in [0.2, 0.25) is 5.91 Å². The molecular formula is C27H24F2N6O3S. The summed E-state index contributed by atoms with van der Waals surface area (Å²) in [6.07, 6.45) is 3.14. The van der Waals surface area contributed by atoms with Gasteiger partial charge in [-0.2, -0.15) is 4.98 Å². The van der Waals surface area contributed by atoms with Gasteiger partial charge in [0.05, 0.1) is 25.9 Å². The summed E-state index contributed by atoms with van der Waals surface area (Å²) in [5, 5.41) is 3.82. The molecule has 0 unspecified atom stereocenters. The zero-order valence-corrected chi connectivity index (χ0v) is 21.9. The molecule has 0 spiro atoms. The Bertz CT molecular complexity index is 1580. The molecule has 12 heteroatoms. The fourth-order valence-corrected chi connectivity index (χ4v) is 4.25. The van der Waals surface area contributed by atoms with Gasteiger partial charge < -0.3 is 15.8 Å². The fourth-order valence-electron chi connectivity index (χ4n) is 3.49. The monoisotopic (exact) mass is 550 g/mol. The van der Waals surface area contributed by atoms with Crippen LogP contribution < -0.4 is 15.8 Å². The van der Waals surface area contributed by atoms with Crippen molar-refractivity contribution in [1.82, 2.24) is 19.9 Å². The summed E-state index contributed by atoms with van der Waals surface area (Å²) in [5.74, 6) is 6.53. The highest BCUT2D eigenvalue weighted by molar-refractivity contribution is 7.21. The van der Waals surface area contributed by atoms with Crippen LogP contribution in [0.15, 0.2) is 36.7 Å². The van der Waals surface area contributed by atoms with E-state index in [2.05, 4.69) is 37.1 Å². The number of ether oxygens (including phenoxy) is 1. The lowest BCUT2D eigenvalue weighted by molar-refractivity contribution is -0.117. The molecule has 3 N–H and O–H groups in total. The lowest BCUT2D eigenvalue weighted by Gasteiger charge is -2.13. The van der Waals surface area contributed by atoms with Crippen molar-refractivity contribution in [3.05, 3.63) is 59.2 Å². The molecule has 39 heavy (non-hydrogen) atoms. The Kier molecular flexibility index (Phi) is 8.73. The highest BCUT2D eigenvalue weighted by atomic mass is 32.1. The van der Waals surface area contributed by atoms with Gasteiger partial charge in [-0.25, -0.2) is 18.7 Å². The molecule has 3 aromatic heterocycles. The summed E-state index contributed by atoms with van der Waals surface area (Å²) >= 11 is 1.50. The molecule has 1 amide bonds. The topological polar surface area (TPSA) is 133 Å². The number of benzene rings is 1. The number of aldehydes is 1. The van der Waals surface area contributed by atoms with Crippen LogP contribution >= 0.6 is 11.3 Å². The van der Waals surface area contributed by atoms with Crippen LogP contribution in [-0.4, -0.2) is 46.3 Å². The normalized spacial score (nSPS) is 12.2. The lowest BCUT2D eigenvalue weighted by atomic mass is 9.96. The van der Waals surface area contributed by atoms with Gasteiger partial charge in [0, 0.05) is 24.1 Å². The number of fused-ring (bicyclic) bond motifs is 1. The van der Waals surface area contributed by atoms with Gasteiger partial charge in [0.25, 0.3) is 6.43 Å². The quantitative estimate of drug-likeness (QED) is 0.255. The Morgan fingerprint density at radius 1 is 1.23 bits per heavy atom. The smallest absolute Gasteiger partial charge is 0.280 e. The number of carbonyl (C=O) groups excluding carboxylic acids is 2. The zero-order chi connectivity index (χ0) is 27.9. The zero-order valence-electron chi connectivity index (χ0n) is 21.1. The lowest BCUT2D eigenvalue weighted by Crippen LogP contribution is -2.13. The van der Waals surface area contributed by atoms with Crippen LogP contribution in [0.5, 0.6) is 5.75 Å². The molecular weight excluding hydrogens is 526 g/mol. The molecule has 1 fully saturated rings. The fraction of sp³-hybridized carbons (Fsp3) is 0.259. The van der Waals surface area contributed by atoms with Crippen LogP contribution in [0.1, 0.15) is 46.6 Å². The molecule has 0 atom stereocenters. The first kappa shape index (κ1) is 27.5. The highest BCUT2D eigenvalue weighted by Crippen LogP contribution is 2.34. The van der Waals surface area contributed by atoms with E-state index < -0.39 is 18.0 Å². The number of alkyl halides is 2. The summed E-state index contributed by atoms with van der Waals surface area (Å²) in [6.45, 7) is 0. The van der Waals surface area contributed by atoms with Crippen molar-refractivity contribution in [2.75, 3.05) is 19.5 Å². The average molecular weight is 551 g/mol. The minimum atomic E-state index is -2.76. The van der Waals surface area contributed by atoms with E-state index in [-0.39, 0.29) is 17.7 Å². The molecule has 1 aliphatic rings. The number of halogens is 2. The van der Waals surface area contributed by atoms with Gasteiger partial charge in [-0.15, -0.1) is 0 Å². The maximum atomic E-state index is 12.9. The largest absolute Gasteiger partial charge is 0.494 e. The maximum absolute atomic E-state index is 12.9. The second-order valence-electron chi connectivity index (χ2n) is 8.49. The molecule has 200 valence electrons. The molecule has 3 heterocycles. The number of primary amides is 1. The minimum absolute atomic E-state index is 0.0265. The first-order valence-corrected chi connectivity index (χ1v) is 12.6. The van der Waals surface area contributed by atoms with E-state index in [4.69, 9.17) is 10.5 Å². The Balaban J connectivity index is 0.000000192. The van der Waals surface area contributed by atoms with E-state index >= 15 is 0 Å². The Hall–Kier alpha value is -4.50. The summed E-state index contributed by atoms with van der Waals surface area (Å²) < 4.78 is 30.9. The van der Waals surface area contributed by atoms with Crippen molar-refractivity contribution in [1.29, 1.82) is 0 Å². The standard InChI is InChI=1S/C16H14F2N2O3.C11H10N4S/c1-23-14-7-20-13(16(17)18)6-12(14)11-4-9(5-15(19)22)2-3-10(11)8-21;1-12-11-15-9-10(16-11)14-8(6-13-9)5-4-7-2-3-7/h2-4,6-8,16H,5H2,1H3,(H2,19,22);6-7H,2-3H2,1H3,(H,12,13,15). The number of hydrogen-bond donors (Lipinski definition) is 2. The SMILES string of the molecule is CNc1nc2ncc(C#CC3CC3)nc2s1.COc1cnc(C(F)F)cc1-c1cc(CC(N)=O)ccc1C=O.